The summed E-state index contributed by atoms with van der Waals surface area (Å²) in [5.41, 5.74) is 4.39. The van der Waals surface area contributed by atoms with Gasteiger partial charge in [-0.2, -0.15) is 5.10 Å². The van der Waals surface area contributed by atoms with Crippen LogP contribution in [0.4, 0.5) is 14.6 Å². The monoisotopic (exact) mass is 493 g/mol. The van der Waals surface area contributed by atoms with E-state index in [4.69, 9.17) is 10.1 Å². The molecular weight excluding hydrogens is 460 g/mol. The molecule has 1 saturated carbocycles. The third-order valence-corrected chi connectivity index (χ3v) is 8.36. The third kappa shape index (κ3) is 4.14. The van der Waals surface area contributed by atoms with Crippen molar-refractivity contribution in [3.8, 4) is 11.3 Å². The quantitative estimate of drug-likeness (QED) is 0.475. The van der Waals surface area contributed by atoms with Gasteiger partial charge in [0.05, 0.1) is 11.7 Å². The van der Waals surface area contributed by atoms with Crippen LogP contribution in [-0.2, 0) is 17.8 Å². The van der Waals surface area contributed by atoms with E-state index in [1.165, 1.54) is 25.0 Å². The van der Waals surface area contributed by atoms with Crippen LogP contribution < -0.4 is 4.90 Å². The Labute approximate surface area is 210 Å². The summed E-state index contributed by atoms with van der Waals surface area (Å²) < 4.78 is 28.7. The SMILES string of the molecule is CC(=O)N1CCc2c(c(-c3cccc4cc(N5CCC(C(F)F)C5)ncc34)nn2C2CCCCC2)C1. The van der Waals surface area contributed by atoms with Crippen LogP contribution in [-0.4, -0.2) is 51.6 Å². The molecule has 2 aromatic heterocycles. The number of alkyl halides is 2. The molecule has 1 atom stereocenters. The number of aromatic nitrogens is 3. The Balaban J connectivity index is 1.41. The van der Waals surface area contributed by atoms with Gasteiger partial charge in [-0.3, -0.25) is 9.48 Å². The number of hydrogen-bond donors (Lipinski definition) is 0. The summed E-state index contributed by atoms with van der Waals surface area (Å²) in [6.07, 6.45) is 6.96. The van der Waals surface area contributed by atoms with Gasteiger partial charge in [-0.15, -0.1) is 0 Å². The largest absolute Gasteiger partial charge is 0.356 e. The lowest BCUT2D eigenvalue weighted by atomic mass is 9.94. The maximum absolute atomic E-state index is 13.2. The molecule has 2 fully saturated rings. The van der Waals surface area contributed by atoms with Crippen molar-refractivity contribution in [3.05, 3.63) is 41.7 Å². The van der Waals surface area contributed by atoms with Gasteiger partial charge in [-0.05, 0) is 30.7 Å². The molecule has 3 aliphatic rings. The van der Waals surface area contributed by atoms with Gasteiger partial charge in [0.2, 0.25) is 12.3 Å². The second kappa shape index (κ2) is 9.45. The molecule has 36 heavy (non-hydrogen) atoms. The summed E-state index contributed by atoms with van der Waals surface area (Å²) in [6.45, 7) is 3.90. The van der Waals surface area contributed by atoms with Crippen molar-refractivity contribution < 1.29 is 13.6 Å². The topological polar surface area (TPSA) is 54.3 Å². The molecule has 1 unspecified atom stereocenters. The average Bonchev–Trinajstić information content (AvgIpc) is 3.54. The molecule has 6 nitrogen and oxygen atoms in total. The molecule has 190 valence electrons. The minimum atomic E-state index is -2.29. The first kappa shape index (κ1) is 23.4. The number of amides is 1. The fourth-order valence-corrected chi connectivity index (χ4v) is 6.30. The highest BCUT2D eigenvalue weighted by Gasteiger charge is 2.32. The molecule has 2 aliphatic heterocycles. The molecule has 1 aromatic carbocycles. The maximum Gasteiger partial charge on any atom is 0.243 e. The summed E-state index contributed by atoms with van der Waals surface area (Å²) in [4.78, 5) is 20.8. The first-order valence-electron chi connectivity index (χ1n) is 13.3. The van der Waals surface area contributed by atoms with E-state index in [1.54, 1.807) is 6.92 Å². The highest BCUT2D eigenvalue weighted by Crippen LogP contribution is 2.39. The van der Waals surface area contributed by atoms with Crippen molar-refractivity contribution in [3.63, 3.8) is 0 Å². The minimum absolute atomic E-state index is 0.0916. The van der Waals surface area contributed by atoms with E-state index >= 15 is 0 Å². The number of hydrogen-bond acceptors (Lipinski definition) is 4. The Kier molecular flexibility index (Phi) is 6.13. The summed E-state index contributed by atoms with van der Waals surface area (Å²) in [7, 11) is 0. The number of pyridine rings is 1. The second-order valence-corrected chi connectivity index (χ2v) is 10.6. The summed E-state index contributed by atoms with van der Waals surface area (Å²) in [5, 5.41) is 7.24. The van der Waals surface area contributed by atoms with E-state index in [9.17, 15) is 13.6 Å². The van der Waals surface area contributed by atoms with Crippen molar-refractivity contribution >= 4 is 22.5 Å². The minimum Gasteiger partial charge on any atom is -0.356 e. The summed E-state index contributed by atoms with van der Waals surface area (Å²) in [6, 6.07) is 8.61. The molecule has 6 rings (SSSR count). The third-order valence-electron chi connectivity index (χ3n) is 8.36. The zero-order chi connectivity index (χ0) is 24.8. The van der Waals surface area contributed by atoms with Gasteiger partial charge in [-0.25, -0.2) is 13.8 Å². The van der Waals surface area contributed by atoms with Crippen LogP contribution in [0.15, 0.2) is 30.5 Å². The Morgan fingerprint density at radius 3 is 2.69 bits per heavy atom. The number of carbonyl (C=O) groups excluding carboxylic acids is 1. The molecule has 1 aliphatic carbocycles. The molecule has 0 spiro atoms. The molecule has 0 N–H and O–H groups in total. The van der Waals surface area contributed by atoms with Gasteiger partial charge < -0.3 is 9.80 Å². The van der Waals surface area contributed by atoms with Crippen LogP contribution in [0.25, 0.3) is 22.0 Å². The van der Waals surface area contributed by atoms with E-state index in [0.717, 1.165) is 59.2 Å². The highest BCUT2D eigenvalue weighted by molar-refractivity contribution is 5.97. The van der Waals surface area contributed by atoms with Gasteiger partial charge in [-0.1, -0.05) is 37.5 Å². The highest BCUT2D eigenvalue weighted by atomic mass is 19.3. The van der Waals surface area contributed by atoms with Crippen molar-refractivity contribution in [2.24, 2.45) is 5.92 Å². The fraction of sp³-hybridized carbons (Fsp3) is 0.536. The first-order chi connectivity index (χ1) is 17.5. The van der Waals surface area contributed by atoms with Gasteiger partial charge in [0.1, 0.15) is 5.82 Å². The molecule has 1 amide bonds. The summed E-state index contributed by atoms with van der Waals surface area (Å²) in [5.74, 6) is 0.252. The summed E-state index contributed by atoms with van der Waals surface area (Å²) >= 11 is 0. The van der Waals surface area contributed by atoms with Crippen LogP contribution in [0.5, 0.6) is 0 Å². The maximum atomic E-state index is 13.2. The molecule has 1 saturated heterocycles. The fourth-order valence-electron chi connectivity index (χ4n) is 6.30. The van der Waals surface area contributed by atoms with Crippen LogP contribution in [0.1, 0.15) is 62.7 Å². The van der Waals surface area contributed by atoms with E-state index in [-0.39, 0.29) is 5.91 Å². The standard InChI is InChI=1S/C28H33F2N5O/c1-18(36)33-13-11-25-24(17-33)27(32-35(25)21-7-3-2-4-8-21)22-9-5-6-19-14-26(31-15-23(19)22)34-12-10-20(16-34)28(29)30/h5-6,9,14-15,20-21,28H,2-4,7-8,10-13,16-17H2,1H3. The lowest BCUT2D eigenvalue weighted by Gasteiger charge is -2.29. The Bertz CT molecular complexity index is 1280. The van der Waals surface area contributed by atoms with E-state index in [0.29, 0.717) is 32.1 Å². The lowest BCUT2D eigenvalue weighted by Crippen LogP contribution is -2.35. The Hall–Kier alpha value is -3.03. The van der Waals surface area contributed by atoms with E-state index < -0.39 is 12.3 Å². The number of nitrogens with zero attached hydrogens (tertiary/aromatic N) is 5. The Morgan fingerprint density at radius 1 is 1.11 bits per heavy atom. The smallest absolute Gasteiger partial charge is 0.243 e. The number of rotatable bonds is 4. The normalized spacial score (nSPS) is 20.9. The molecule has 8 heteroatoms. The van der Waals surface area contributed by atoms with Gasteiger partial charge in [0.25, 0.3) is 0 Å². The molecule has 0 bridgehead atoms. The van der Waals surface area contributed by atoms with Gasteiger partial charge in [0, 0.05) is 73.8 Å². The zero-order valence-corrected chi connectivity index (χ0v) is 20.8. The number of carbonyl (C=O) groups is 1. The average molecular weight is 494 g/mol. The van der Waals surface area contributed by atoms with E-state index in [1.807, 2.05) is 28.1 Å². The number of anilines is 1. The van der Waals surface area contributed by atoms with Crippen molar-refractivity contribution in [2.45, 2.75) is 70.9 Å². The molecule has 4 heterocycles. The molecule has 3 aromatic rings. The number of halogens is 2. The van der Waals surface area contributed by atoms with Crippen LogP contribution in [0.3, 0.4) is 0 Å². The van der Waals surface area contributed by atoms with Crippen molar-refractivity contribution in [2.75, 3.05) is 24.5 Å². The molecular formula is C28H33F2N5O. The van der Waals surface area contributed by atoms with Crippen molar-refractivity contribution in [1.29, 1.82) is 0 Å². The number of benzene rings is 1. The number of fused-ring (bicyclic) bond motifs is 2. The Morgan fingerprint density at radius 2 is 1.94 bits per heavy atom. The zero-order valence-electron chi connectivity index (χ0n) is 20.8. The van der Waals surface area contributed by atoms with Crippen LogP contribution in [0.2, 0.25) is 0 Å². The first-order valence-corrected chi connectivity index (χ1v) is 13.3. The van der Waals surface area contributed by atoms with Crippen LogP contribution in [0, 0.1) is 5.92 Å². The predicted octanol–water partition coefficient (Wildman–Crippen LogP) is 5.60. The lowest BCUT2D eigenvalue weighted by molar-refractivity contribution is -0.129. The molecule has 0 radical (unpaired) electrons. The predicted molar refractivity (Wildman–Crippen MR) is 136 cm³/mol. The van der Waals surface area contributed by atoms with E-state index in [2.05, 4.69) is 16.8 Å². The second-order valence-electron chi connectivity index (χ2n) is 10.6. The van der Waals surface area contributed by atoms with Crippen molar-refractivity contribution in [1.82, 2.24) is 19.7 Å². The van der Waals surface area contributed by atoms with Crippen LogP contribution >= 0.6 is 0 Å². The van der Waals surface area contributed by atoms with Gasteiger partial charge >= 0.3 is 0 Å². The van der Waals surface area contributed by atoms with Gasteiger partial charge in [0.15, 0.2) is 0 Å².